The summed E-state index contributed by atoms with van der Waals surface area (Å²) >= 11 is 6.05. The van der Waals surface area contributed by atoms with Gasteiger partial charge in [0.2, 0.25) is 0 Å². The van der Waals surface area contributed by atoms with Crippen molar-refractivity contribution in [2.24, 2.45) is 5.92 Å². The molecule has 1 fully saturated rings. The van der Waals surface area contributed by atoms with E-state index in [1.165, 1.54) is 25.3 Å². The van der Waals surface area contributed by atoms with Crippen LogP contribution < -0.4 is 0 Å². The van der Waals surface area contributed by atoms with Crippen LogP contribution in [0.3, 0.4) is 0 Å². The van der Waals surface area contributed by atoms with Crippen LogP contribution in [-0.4, -0.2) is 9.55 Å². The summed E-state index contributed by atoms with van der Waals surface area (Å²) < 4.78 is 15.7. The normalized spacial score (nSPS) is 23.9. The van der Waals surface area contributed by atoms with E-state index in [0.29, 0.717) is 11.9 Å². The molecule has 2 atom stereocenters. The summed E-state index contributed by atoms with van der Waals surface area (Å²) in [5.41, 5.74) is 1.74. The molecule has 1 aliphatic carbocycles. The molecule has 108 valence electrons. The molecule has 1 aliphatic rings. The Balaban J connectivity index is 2.06. The topological polar surface area (TPSA) is 17.8 Å². The first-order valence-electron chi connectivity index (χ1n) is 7.41. The molecule has 1 aromatic carbocycles. The molecule has 20 heavy (non-hydrogen) atoms. The van der Waals surface area contributed by atoms with E-state index in [2.05, 4.69) is 16.5 Å². The number of alkyl halides is 1. The van der Waals surface area contributed by atoms with Crippen LogP contribution in [0.4, 0.5) is 4.39 Å². The number of benzene rings is 1. The lowest BCUT2D eigenvalue weighted by molar-refractivity contribution is 0.433. The zero-order valence-electron chi connectivity index (χ0n) is 11.8. The van der Waals surface area contributed by atoms with Crippen molar-refractivity contribution in [1.29, 1.82) is 0 Å². The Morgan fingerprint density at radius 1 is 1.30 bits per heavy atom. The van der Waals surface area contributed by atoms with Crippen molar-refractivity contribution in [3.63, 3.8) is 0 Å². The predicted octanol–water partition coefficient (Wildman–Crippen LogP) is 5.06. The van der Waals surface area contributed by atoms with Gasteiger partial charge in [-0.05, 0) is 43.4 Å². The van der Waals surface area contributed by atoms with Gasteiger partial charge in [0.05, 0.1) is 16.9 Å². The van der Waals surface area contributed by atoms with Gasteiger partial charge in [-0.15, -0.1) is 11.6 Å². The maximum Gasteiger partial charge on any atom is 0.125 e. The largest absolute Gasteiger partial charge is 0.324 e. The molecule has 1 heterocycles. The van der Waals surface area contributed by atoms with Gasteiger partial charge in [-0.3, -0.25) is 0 Å². The Hall–Kier alpha value is -1.09. The number of fused-ring (bicyclic) bond motifs is 1. The second-order valence-electron chi connectivity index (χ2n) is 5.93. The molecule has 0 radical (unpaired) electrons. The Kier molecular flexibility index (Phi) is 3.97. The minimum atomic E-state index is -0.207. The van der Waals surface area contributed by atoms with Gasteiger partial charge in [0, 0.05) is 6.04 Å². The highest BCUT2D eigenvalue weighted by Gasteiger charge is 2.22. The van der Waals surface area contributed by atoms with E-state index in [4.69, 9.17) is 11.6 Å². The number of halogens is 2. The fourth-order valence-corrected chi connectivity index (χ4v) is 3.53. The van der Waals surface area contributed by atoms with E-state index in [0.717, 1.165) is 35.6 Å². The minimum Gasteiger partial charge on any atom is -0.324 e. The standard InChI is InChI=1S/C16H20ClFN2/c1-11-3-2-4-13(7-5-11)20-15-9-12(18)6-8-14(15)19-16(20)10-17/h6,8-9,11,13H,2-5,7,10H2,1H3. The molecule has 0 bridgehead atoms. The molecular formula is C16H20ClFN2. The molecular weight excluding hydrogens is 275 g/mol. The summed E-state index contributed by atoms with van der Waals surface area (Å²) in [6, 6.07) is 5.20. The van der Waals surface area contributed by atoms with Crippen molar-refractivity contribution in [2.75, 3.05) is 0 Å². The Morgan fingerprint density at radius 2 is 2.15 bits per heavy atom. The van der Waals surface area contributed by atoms with E-state index in [9.17, 15) is 4.39 Å². The van der Waals surface area contributed by atoms with Crippen LogP contribution >= 0.6 is 11.6 Å². The maximum absolute atomic E-state index is 13.6. The molecule has 1 aromatic heterocycles. The van der Waals surface area contributed by atoms with Crippen molar-refractivity contribution in [1.82, 2.24) is 9.55 Å². The zero-order chi connectivity index (χ0) is 14.1. The van der Waals surface area contributed by atoms with E-state index < -0.39 is 0 Å². The Labute approximate surface area is 123 Å². The van der Waals surface area contributed by atoms with Crippen molar-refractivity contribution in [3.05, 3.63) is 29.8 Å². The maximum atomic E-state index is 13.6. The van der Waals surface area contributed by atoms with E-state index in [-0.39, 0.29) is 5.82 Å². The summed E-state index contributed by atoms with van der Waals surface area (Å²) in [4.78, 5) is 4.56. The number of hydrogen-bond acceptors (Lipinski definition) is 1. The van der Waals surface area contributed by atoms with E-state index in [1.54, 1.807) is 12.1 Å². The van der Waals surface area contributed by atoms with Crippen LogP contribution in [-0.2, 0) is 5.88 Å². The monoisotopic (exact) mass is 294 g/mol. The van der Waals surface area contributed by atoms with Gasteiger partial charge in [0.15, 0.2) is 0 Å². The van der Waals surface area contributed by atoms with Crippen molar-refractivity contribution in [2.45, 2.75) is 50.9 Å². The lowest BCUT2D eigenvalue weighted by Gasteiger charge is -2.19. The second-order valence-corrected chi connectivity index (χ2v) is 6.20. The van der Waals surface area contributed by atoms with Gasteiger partial charge >= 0.3 is 0 Å². The van der Waals surface area contributed by atoms with Crippen molar-refractivity contribution < 1.29 is 4.39 Å². The Morgan fingerprint density at radius 3 is 2.95 bits per heavy atom. The van der Waals surface area contributed by atoms with Crippen LogP contribution in [0.15, 0.2) is 18.2 Å². The van der Waals surface area contributed by atoms with E-state index in [1.807, 2.05) is 0 Å². The lowest BCUT2D eigenvalue weighted by Crippen LogP contribution is -2.11. The quantitative estimate of drug-likeness (QED) is 0.559. The summed E-state index contributed by atoms with van der Waals surface area (Å²) in [6.45, 7) is 2.32. The molecule has 0 spiro atoms. The number of hydrogen-bond donors (Lipinski definition) is 0. The highest BCUT2D eigenvalue weighted by atomic mass is 35.5. The van der Waals surface area contributed by atoms with Crippen molar-refractivity contribution in [3.8, 4) is 0 Å². The number of nitrogens with zero attached hydrogens (tertiary/aromatic N) is 2. The summed E-state index contributed by atoms with van der Waals surface area (Å²) in [5, 5.41) is 0. The smallest absolute Gasteiger partial charge is 0.125 e. The molecule has 2 nitrogen and oxygen atoms in total. The second kappa shape index (κ2) is 5.72. The van der Waals surface area contributed by atoms with Crippen LogP contribution in [0, 0.1) is 11.7 Å². The molecule has 2 unspecified atom stereocenters. The van der Waals surface area contributed by atoms with Crippen LogP contribution in [0.5, 0.6) is 0 Å². The Bertz CT molecular complexity index is 608. The first kappa shape index (κ1) is 13.9. The van der Waals surface area contributed by atoms with Gasteiger partial charge in [-0.1, -0.05) is 19.8 Å². The van der Waals surface area contributed by atoms with Gasteiger partial charge in [-0.2, -0.15) is 0 Å². The molecule has 3 rings (SSSR count). The molecule has 4 heteroatoms. The van der Waals surface area contributed by atoms with Crippen LogP contribution in [0.1, 0.15) is 50.9 Å². The van der Waals surface area contributed by atoms with Gasteiger partial charge < -0.3 is 4.57 Å². The zero-order valence-corrected chi connectivity index (χ0v) is 12.5. The molecule has 0 aliphatic heterocycles. The van der Waals surface area contributed by atoms with E-state index >= 15 is 0 Å². The lowest BCUT2D eigenvalue weighted by atomic mass is 10.0. The number of imidazole rings is 1. The summed E-state index contributed by atoms with van der Waals surface area (Å²) in [6.07, 6.45) is 6.00. The van der Waals surface area contributed by atoms with Gasteiger partial charge in [0.25, 0.3) is 0 Å². The third-order valence-electron chi connectivity index (χ3n) is 4.44. The molecule has 0 amide bonds. The fraction of sp³-hybridized carbons (Fsp3) is 0.562. The predicted molar refractivity (Wildman–Crippen MR) is 80.5 cm³/mol. The third-order valence-corrected chi connectivity index (χ3v) is 4.68. The van der Waals surface area contributed by atoms with Crippen LogP contribution in [0.25, 0.3) is 11.0 Å². The van der Waals surface area contributed by atoms with Crippen molar-refractivity contribution >= 4 is 22.6 Å². The molecule has 2 aromatic rings. The minimum absolute atomic E-state index is 0.207. The third kappa shape index (κ3) is 2.56. The fourth-order valence-electron chi connectivity index (χ4n) is 3.34. The average Bonchev–Trinajstić information content (AvgIpc) is 2.66. The van der Waals surface area contributed by atoms with Gasteiger partial charge in [-0.25, -0.2) is 9.37 Å². The average molecular weight is 295 g/mol. The van der Waals surface area contributed by atoms with Gasteiger partial charge in [0.1, 0.15) is 11.6 Å². The first-order valence-corrected chi connectivity index (χ1v) is 7.95. The molecule has 0 saturated heterocycles. The highest BCUT2D eigenvalue weighted by molar-refractivity contribution is 6.16. The number of rotatable bonds is 2. The first-order chi connectivity index (χ1) is 9.69. The number of aromatic nitrogens is 2. The summed E-state index contributed by atoms with van der Waals surface area (Å²) in [7, 11) is 0. The summed E-state index contributed by atoms with van der Waals surface area (Å²) in [5.74, 6) is 1.82. The SMILES string of the molecule is CC1CCCC(n2c(CCl)nc3ccc(F)cc32)CC1. The molecule has 0 N–H and O–H groups in total. The van der Waals surface area contributed by atoms with Crippen LogP contribution in [0.2, 0.25) is 0 Å². The molecule has 1 saturated carbocycles. The highest BCUT2D eigenvalue weighted by Crippen LogP contribution is 2.34.